The number of hydrogen-bond acceptors (Lipinski definition) is 12. The molecule has 0 N–H and O–H groups in total. The van der Waals surface area contributed by atoms with Gasteiger partial charge < -0.3 is 19.3 Å². The minimum absolute atomic E-state index is 0.0531. The molecule has 0 fully saturated rings. The van der Waals surface area contributed by atoms with Gasteiger partial charge in [-0.3, -0.25) is 0 Å². The van der Waals surface area contributed by atoms with Crippen LogP contribution in [0.3, 0.4) is 0 Å². The van der Waals surface area contributed by atoms with E-state index in [9.17, 15) is 9.59 Å². The van der Waals surface area contributed by atoms with E-state index in [1.807, 2.05) is 24.3 Å². The summed E-state index contributed by atoms with van der Waals surface area (Å²) in [4.78, 5) is 26.6. The Bertz CT molecular complexity index is 975. The predicted molar refractivity (Wildman–Crippen MR) is 113 cm³/mol. The van der Waals surface area contributed by atoms with Crippen LogP contribution >= 0.6 is 0 Å². The molecular formula is C22H18N8O4. The second kappa shape index (κ2) is 18.2. The van der Waals surface area contributed by atoms with Crippen molar-refractivity contribution >= 4 is 11.9 Å². The predicted octanol–water partition coefficient (Wildman–Crippen LogP) is 0.698. The maximum Gasteiger partial charge on any atom is 0.349 e. The van der Waals surface area contributed by atoms with Gasteiger partial charge in [0.15, 0.2) is 0 Å². The number of esters is 2. The second-order valence-electron chi connectivity index (χ2n) is 5.78. The van der Waals surface area contributed by atoms with Crippen molar-refractivity contribution in [1.82, 2.24) is 9.80 Å². The Kier molecular flexibility index (Phi) is 15.2. The highest BCUT2D eigenvalue weighted by Gasteiger charge is 2.12. The van der Waals surface area contributed by atoms with Crippen LogP contribution in [0.15, 0.2) is 47.9 Å². The molecule has 12 heteroatoms. The SMILES string of the molecule is N#CCN(/C=C/C=C(\C#N)C(=O)OCCOC(=O)/C(C#N)=C/C=C/N(CC#N)CC#N)CC#N. The first-order valence-corrected chi connectivity index (χ1v) is 9.34. The summed E-state index contributed by atoms with van der Waals surface area (Å²) >= 11 is 0. The van der Waals surface area contributed by atoms with Crippen molar-refractivity contribution in [3.05, 3.63) is 47.9 Å². The highest BCUT2D eigenvalue weighted by Crippen LogP contribution is 2.01. The smallest absolute Gasteiger partial charge is 0.349 e. The van der Waals surface area contributed by atoms with E-state index < -0.39 is 11.9 Å². The Morgan fingerprint density at radius 1 is 0.618 bits per heavy atom. The lowest BCUT2D eigenvalue weighted by molar-refractivity contribution is -0.146. The van der Waals surface area contributed by atoms with Crippen LogP contribution in [0.1, 0.15) is 0 Å². The number of carbonyl (C=O) groups is 2. The Morgan fingerprint density at radius 2 is 0.941 bits per heavy atom. The van der Waals surface area contributed by atoms with Crippen LogP contribution in [-0.2, 0) is 19.1 Å². The largest absolute Gasteiger partial charge is 0.458 e. The normalized spacial score (nSPS) is 10.6. The van der Waals surface area contributed by atoms with E-state index in [1.165, 1.54) is 34.4 Å². The minimum atomic E-state index is -0.982. The average Bonchev–Trinajstić information content (AvgIpc) is 2.82. The second-order valence-corrected chi connectivity index (χ2v) is 5.78. The van der Waals surface area contributed by atoms with Gasteiger partial charge in [0.2, 0.25) is 0 Å². The van der Waals surface area contributed by atoms with Crippen LogP contribution in [0.25, 0.3) is 0 Å². The van der Waals surface area contributed by atoms with Gasteiger partial charge in [0.25, 0.3) is 0 Å². The van der Waals surface area contributed by atoms with Crippen LogP contribution in [-0.4, -0.2) is 61.1 Å². The number of carbonyl (C=O) groups excluding carboxylic acids is 2. The molecule has 0 aromatic rings. The lowest BCUT2D eigenvalue weighted by Gasteiger charge is -2.10. The molecule has 0 aliphatic rings. The van der Waals surface area contributed by atoms with Gasteiger partial charge in [-0.2, -0.15) is 31.6 Å². The number of nitriles is 6. The maximum atomic E-state index is 11.9. The summed E-state index contributed by atoms with van der Waals surface area (Å²) in [6.45, 7) is -0.972. The Morgan fingerprint density at radius 3 is 1.21 bits per heavy atom. The molecular weight excluding hydrogens is 440 g/mol. The molecule has 0 bridgehead atoms. The van der Waals surface area contributed by atoms with Gasteiger partial charge in [0.05, 0.1) is 24.3 Å². The Labute approximate surface area is 196 Å². The molecule has 170 valence electrons. The average molecular weight is 458 g/mol. The van der Waals surface area contributed by atoms with Crippen LogP contribution in [0.5, 0.6) is 0 Å². The number of allylic oxidation sites excluding steroid dienone is 4. The maximum absolute atomic E-state index is 11.9. The van der Waals surface area contributed by atoms with E-state index in [0.29, 0.717) is 0 Å². The molecule has 0 unspecified atom stereocenters. The summed E-state index contributed by atoms with van der Waals surface area (Å²) in [5, 5.41) is 52.8. The zero-order chi connectivity index (χ0) is 25.6. The topological polar surface area (TPSA) is 202 Å². The lowest BCUT2D eigenvalue weighted by atomic mass is 10.2. The number of hydrogen-bond donors (Lipinski definition) is 0. The minimum Gasteiger partial charge on any atom is -0.458 e. The summed E-state index contributed by atoms with van der Waals surface area (Å²) in [5.41, 5.74) is -0.725. The molecule has 0 saturated carbocycles. The molecule has 0 rings (SSSR count). The zero-order valence-corrected chi connectivity index (χ0v) is 17.9. The number of nitrogens with zero attached hydrogens (tertiary/aromatic N) is 8. The molecule has 0 radical (unpaired) electrons. The molecule has 0 aromatic heterocycles. The van der Waals surface area contributed by atoms with Gasteiger partial charge in [-0.05, 0) is 24.3 Å². The Hall–Kier alpha value is -5.56. The lowest BCUT2D eigenvalue weighted by Crippen LogP contribution is -2.17. The monoisotopic (exact) mass is 458 g/mol. The van der Waals surface area contributed by atoms with Gasteiger partial charge in [0.1, 0.15) is 62.7 Å². The molecule has 0 spiro atoms. The van der Waals surface area contributed by atoms with Crippen LogP contribution in [0.4, 0.5) is 0 Å². The fourth-order valence-electron chi connectivity index (χ4n) is 1.93. The summed E-state index contributed by atoms with van der Waals surface area (Å²) in [7, 11) is 0. The molecule has 0 saturated heterocycles. The van der Waals surface area contributed by atoms with Crippen LogP contribution in [0, 0.1) is 68.0 Å². The molecule has 0 aliphatic carbocycles. The summed E-state index contributed by atoms with van der Waals surface area (Å²) < 4.78 is 9.67. The van der Waals surface area contributed by atoms with Gasteiger partial charge in [-0.15, -0.1) is 0 Å². The molecule has 0 aromatic carbocycles. The highest BCUT2D eigenvalue weighted by molar-refractivity contribution is 5.93. The fraction of sp³-hybridized carbons (Fsp3) is 0.273. The Balaban J connectivity index is 4.78. The van der Waals surface area contributed by atoms with Crippen molar-refractivity contribution in [3.63, 3.8) is 0 Å². The van der Waals surface area contributed by atoms with E-state index in [-0.39, 0.29) is 50.5 Å². The quantitative estimate of drug-likeness (QED) is 0.0934. The number of rotatable bonds is 13. The van der Waals surface area contributed by atoms with Crippen LogP contribution in [0.2, 0.25) is 0 Å². The first-order chi connectivity index (χ1) is 16.5. The molecule has 0 atom stereocenters. The van der Waals surface area contributed by atoms with E-state index in [1.54, 1.807) is 12.1 Å². The summed E-state index contributed by atoms with van der Waals surface area (Å²) in [6.07, 6.45) is 7.62. The van der Waals surface area contributed by atoms with Crippen molar-refractivity contribution in [3.8, 4) is 36.4 Å². The van der Waals surface area contributed by atoms with Crippen molar-refractivity contribution in [2.45, 2.75) is 0 Å². The highest BCUT2D eigenvalue weighted by atomic mass is 16.6. The van der Waals surface area contributed by atoms with E-state index in [4.69, 9.17) is 41.0 Å². The third-order valence-corrected chi connectivity index (χ3v) is 3.45. The van der Waals surface area contributed by atoms with Crippen molar-refractivity contribution < 1.29 is 19.1 Å². The molecule has 0 heterocycles. The molecule has 12 nitrogen and oxygen atoms in total. The molecule has 0 amide bonds. The van der Waals surface area contributed by atoms with Gasteiger partial charge in [-0.25, -0.2) is 9.59 Å². The van der Waals surface area contributed by atoms with Crippen molar-refractivity contribution in [1.29, 1.82) is 31.6 Å². The van der Waals surface area contributed by atoms with Crippen molar-refractivity contribution in [2.24, 2.45) is 0 Å². The standard InChI is InChI=1S/C22H18N8O4/c23-5-11-29(12-6-24)9-1-3-19(17-27)21(31)33-15-16-34-22(32)20(18-28)4-2-10-30(13-7-25)14-8-26/h1-4,9-10H,11-16H2/b9-1+,10-2+,19-3+,20-4+. The molecule has 0 aliphatic heterocycles. The van der Waals surface area contributed by atoms with Gasteiger partial charge >= 0.3 is 11.9 Å². The summed E-state index contributed by atoms with van der Waals surface area (Å²) in [5.74, 6) is -1.96. The van der Waals surface area contributed by atoms with E-state index >= 15 is 0 Å². The fourth-order valence-corrected chi connectivity index (χ4v) is 1.93. The summed E-state index contributed by atoms with van der Waals surface area (Å²) in [6, 6.07) is 10.7. The van der Waals surface area contributed by atoms with Gasteiger partial charge in [0, 0.05) is 12.4 Å². The first kappa shape index (κ1) is 28.4. The third kappa shape index (κ3) is 12.2. The molecule has 34 heavy (non-hydrogen) atoms. The number of ether oxygens (including phenoxy) is 2. The van der Waals surface area contributed by atoms with Crippen LogP contribution < -0.4 is 0 Å². The van der Waals surface area contributed by atoms with Gasteiger partial charge in [-0.1, -0.05) is 0 Å². The third-order valence-electron chi connectivity index (χ3n) is 3.45. The first-order valence-electron chi connectivity index (χ1n) is 9.34. The van der Waals surface area contributed by atoms with Crippen molar-refractivity contribution in [2.75, 3.05) is 39.4 Å². The zero-order valence-electron chi connectivity index (χ0n) is 17.9. The van der Waals surface area contributed by atoms with E-state index in [2.05, 4.69) is 0 Å². The van der Waals surface area contributed by atoms with E-state index in [0.717, 1.165) is 12.2 Å².